The van der Waals surface area contributed by atoms with E-state index in [9.17, 15) is 14.7 Å². The average Bonchev–Trinajstić information content (AvgIpc) is 3.23. The molecule has 7 rings (SSSR count). The fourth-order valence-corrected chi connectivity index (χ4v) is 8.41. The highest BCUT2D eigenvalue weighted by Crippen LogP contribution is 2.64. The molecule has 2 aromatic carbocycles. The summed E-state index contributed by atoms with van der Waals surface area (Å²) < 4.78 is 12.5. The van der Waals surface area contributed by atoms with E-state index in [1.54, 1.807) is 18.2 Å². The van der Waals surface area contributed by atoms with Crippen molar-refractivity contribution in [1.82, 2.24) is 5.32 Å². The molecule has 2 N–H and O–H groups in total. The highest BCUT2D eigenvalue weighted by molar-refractivity contribution is 6.31. The number of rotatable bonds is 3. The fourth-order valence-electron chi connectivity index (χ4n) is 8.11. The molecule has 0 unspecified atom stereocenters. The van der Waals surface area contributed by atoms with Gasteiger partial charge in [-0.3, -0.25) is 4.79 Å². The normalized spacial score (nSPS) is 34.9. The highest BCUT2D eigenvalue weighted by Gasteiger charge is 2.64. The zero-order valence-electron chi connectivity index (χ0n) is 20.5. The van der Waals surface area contributed by atoms with Crippen molar-refractivity contribution in [2.45, 2.75) is 74.5 Å². The summed E-state index contributed by atoms with van der Waals surface area (Å²) >= 11 is 6.52. The topological polar surface area (TPSA) is 84.9 Å². The molecule has 0 radical (unpaired) electrons. The molecule has 0 saturated heterocycles. The Morgan fingerprint density at radius 1 is 1.11 bits per heavy atom. The largest absolute Gasteiger partial charge is 0.504 e. The average molecular weight is 520 g/mol. The summed E-state index contributed by atoms with van der Waals surface area (Å²) in [5, 5.41) is 14.1. The molecule has 1 amide bonds. The van der Waals surface area contributed by atoms with Crippen molar-refractivity contribution in [3.8, 4) is 11.5 Å². The Hall–Kier alpha value is -2.99. The van der Waals surface area contributed by atoms with Crippen molar-refractivity contribution in [3.63, 3.8) is 0 Å². The van der Waals surface area contributed by atoms with E-state index in [1.165, 1.54) is 5.56 Å². The minimum Gasteiger partial charge on any atom is -0.504 e. The summed E-state index contributed by atoms with van der Waals surface area (Å²) in [5.74, 6) is 1.43. The minimum absolute atomic E-state index is 0.0527. The molecule has 2 fully saturated rings. The zero-order valence-corrected chi connectivity index (χ0v) is 21.3. The third kappa shape index (κ3) is 3.17. The lowest BCUT2D eigenvalue weighted by molar-refractivity contribution is -0.128. The molecule has 2 bridgehead atoms. The number of ketones is 1. The van der Waals surface area contributed by atoms with E-state index in [-0.39, 0.29) is 16.9 Å². The van der Waals surface area contributed by atoms with Gasteiger partial charge in [0.05, 0.1) is 0 Å². The molecule has 37 heavy (non-hydrogen) atoms. The Morgan fingerprint density at radius 3 is 2.81 bits per heavy atom. The van der Waals surface area contributed by atoms with Crippen LogP contribution in [-0.4, -0.2) is 29.2 Å². The Morgan fingerprint density at radius 2 is 1.97 bits per heavy atom. The number of hydrogen-bond acceptors (Lipinski definition) is 5. The maximum atomic E-state index is 13.5. The van der Waals surface area contributed by atoms with Crippen molar-refractivity contribution in [3.05, 3.63) is 70.3 Å². The summed E-state index contributed by atoms with van der Waals surface area (Å²) in [6.07, 6.45) is 9.02. The Balaban J connectivity index is 1.22. The fraction of sp³-hybridized carbons (Fsp3) is 0.467. The lowest BCUT2D eigenvalue weighted by Crippen LogP contribution is -2.60. The van der Waals surface area contributed by atoms with Crippen LogP contribution in [0.2, 0.25) is 5.02 Å². The molecule has 2 saturated carbocycles. The molecule has 1 aliphatic heterocycles. The first-order valence-corrected chi connectivity index (χ1v) is 13.8. The summed E-state index contributed by atoms with van der Waals surface area (Å²) in [7, 11) is 0. The van der Waals surface area contributed by atoms with Gasteiger partial charge in [-0.15, -0.1) is 0 Å². The van der Waals surface area contributed by atoms with Gasteiger partial charge in [-0.1, -0.05) is 48.4 Å². The number of carbonyl (C=O) groups excluding carboxylic acids is 2. The number of aromatic hydroxyl groups is 1. The molecule has 7 heteroatoms. The van der Waals surface area contributed by atoms with Gasteiger partial charge in [-0.2, -0.15) is 0 Å². The molecule has 6 atom stereocenters. The van der Waals surface area contributed by atoms with Crippen molar-refractivity contribution in [2.24, 2.45) is 11.8 Å². The van der Waals surface area contributed by atoms with Crippen LogP contribution >= 0.6 is 11.6 Å². The molecule has 4 aliphatic carbocycles. The van der Waals surface area contributed by atoms with Crippen LogP contribution < -0.4 is 10.1 Å². The number of allylic oxidation sites excluding steroid dienone is 1. The smallest absolute Gasteiger partial charge is 0.408 e. The monoisotopic (exact) mass is 519 g/mol. The first-order chi connectivity index (χ1) is 17.9. The van der Waals surface area contributed by atoms with E-state index in [2.05, 4.69) is 11.4 Å². The number of phenols is 1. The van der Waals surface area contributed by atoms with Crippen LogP contribution in [0.1, 0.15) is 61.6 Å². The van der Waals surface area contributed by atoms with Gasteiger partial charge in [-0.05, 0) is 74.1 Å². The lowest BCUT2D eigenvalue weighted by Gasteiger charge is -2.53. The van der Waals surface area contributed by atoms with E-state index in [1.807, 2.05) is 24.3 Å². The molecule has 6 nitrogen and oxygen atoms in total. The minimum atomic E-state index is -1.21. The van der Waals surface area contributed by atoms with Gasteiger partial charge in [0.15, 0.2) is 23.4 Å². The van der Waals surface area contributed by atoms with Gasteiger partial charge in [0.2, 0.25) is 0 Å². The number of benzene rings is 2. The number of carbonyl (C=O) groups is 2. The van der Waals surface area contributed by atoms with Crippen LogP contribution in [0, 0.1) is 11.8 Å². The zero-order chi connectivity index (χ0) is 25.4. The van der Waals surface area contributed by atoms with Gasteiger partial charge < -0.3 is 19.9 Å². The first kappa shape index (κ1) is 23.2. The molecule has 192 valence electrons. The quantitative estimate of drug-likeness (QED) is 0.507. The van der Waals surface area contributed by atoms with Crippen LogP contribution in [0.5, 0.6) is 11.5 Å². The second-order valence-corrected chi connectivity index (χ2v) is 11.7. The molecular weight excluding hydrogens is 490 g/mol. The number of halogens is 1. The standard InChI is InChI=1S/C30H30ClNO5/c31-21-8-2-1-7-20(21)30(15-4-3-9-24(30)34)32-28(35)36-23-13-11-19-17-6-5-14-29(19)25-18(16-17)10-12-22(33)26(25)37-27(23)29/h1-2,7-8,10-13,17,19,23,27,33H,3-6,9,14-16H2,(H,32,35)/t17-,19+,23+,27+,29+,30-/m1/s1. The van der Waals surface area contributed by atoms with E-state index in [0.29, 0.717) is 41.0 Å². The van der Waals surface area contributed by atoms with Gasteiger partial charge in [0.1, 0.15) is 11.6 Å². The van der Waals surface area contributed by atoms with Crippen molar-refractivity contribution >= 4 is 23.5 Å². The molecule has 1 heterocycles. The summed E-state index contributed by atoms with van der Waals surface area (Å²) in [5.41, 5.74) is 1.42. The second-order valence-electron chi connectivity index (χ2n) is 11.3. The van der Waals surface area contributed by atoms with Crippen molar-refractivity contribution in [1.29, 1.82) is 0 Å². The Labute approximate surface area is 221 Å². The molecule has 2 aromatic rings. The molecule has 5 aliphatic rings. The van der Waals surface area contributed by atoms with Crippen molar-refractivity contribution in [2.75, 3.05) is 0 Å². The third-order valence-corrected chi connectivity index (χ3v) is 9.90. The van der Waals surface area contributed by atoms with E-state index >= 15 is 0 Å². The Bertz CT molecular complexity index is 1340. The van der Waals surface area contributed by atoms with E-state index < -0.39 is 23.8 Å². The summed E-state index contributed by atoms with van der Waals surface area (Å²) in [6.45, 7) is 0. The molecule has 1 spiro atoms. The number of ether oxygens (including phenoxy) is 2. The maximum absolute atomic E-state index is 13.5. The number of phenolic OH excluding ortho intramolecular Hbond substituents is 1. The maximum Gasteiger partial charge on any atom is 0.408 e. The lowest BCUT2D eigenvalue weighted by atomic mass is 9.50. The SMILES string of the molecule is O=C(N[C@@]1(c2ccccc2Cl)CCCCC1=O)O[C@H]1C=C[C@H]2[C@@H]3CCC[C@@]24c2c(ccc(O)c2O[C@@H]14)C3. The van der Waals surface area contributed by atoms with Gasteiger partial charge in [-0.25, -0.2) is 4.79 Å². The predicted octanol–water partition coefficient (Wildman–Crippen LogP) is 5.72. The van der Waals surface area contributed by atoms with E-state index in [0.717, 1.165) is 44.1 Å². The molecular formula is C30H30ClNO5. The van der Waals surface area contributed by atoms with E-state index in [4.69, 9.17) is 21.1 Å². The van der Waals surface area contributed by atoms with Crippen LogP contribution in [0.3, 0.4) is 0 Å². The predicted molar refractivity (Wildman–Crippen MR) is 138 cm³/mol. The van der Waals surface area contributed by atoms with Crippen LogP contribution in [0.4, 0.5) is 4.79 Å². The molecule has 0 aromatic heterocycles. The second kappa shape index (κ2) is 8.26. The van der Waals surface area contributed by atoms with Crippen molar-refractivity contribution < 1.29 is 24.2 Å². The van der Waals surface area contributed by atoms with Gasteiger partial charge >= 0.3 is 6.09 Å². The Kier molecular flexibility index (Phi) is 5.17. The third-order valence-electron chi connectivity index (χ3n) is 9.57. The number of Topliss-reactive ketones (excluding diaryl/α,β-unsaturated/α-hetero) is 1. The number of alkyl carbamates (subject to hydrolysis) is 1. The highest BCUT2D eigenvalue weighted by atomic mass is 35.5. The van der Waals surface area contributed by atoms with Crippen LogP contribution in [-0.2, 0) is 26.9 Å². The summed E-state index contributed by atoms with van der Waals surface area (Å²) in [6, 6.07) is 10.9. The number of nitrogens with one attached hydrogen (secondary N) is 1. The number of hydrogen-bond donors (Lipinski definition) is 2. The number of amides is 1. The van der Waals surface area contributed by atoms with Gasteiger partial charge in [0.25, 0.3) is 0 Å². The summed E-state index contributed by atoms with van der Waals surface area (Å²) in [4.78, 5) is 26.8. The van der Waals surface area contributed by atoms with Crippen LogP contribution in [0.15, 0.2) is 48.6 Å². The van der Waals surface area contributed by atoms with Gasteiger partial charge in [0, 0.05) is 28.0 Å². The van der Waals surface area contributed by atoms with Crippen LogP contribution in [0.25, 0.3) is 0 Å². The first-order valence-electron chi connectivity index (χ1n) is 13.4.